The molecule has 0 aliphatic rings. The standard InChI is InChI=1S/C7H15N3O2/c1-4(8)5(9)2-3-6(10)7(11)12/h4,6,9H,2-3,8,10H2,1H3,(H,11,12)/t4?,6-/m1/s1. The average molecular weight is 173 g/mol. The first kappa shape index (κ1) is 11.1. The van der Waals surface area contributed by atoms with Gasteiger partial charge in [0.1, 0.15) is 6.04 Å². The van der Waals surface area contributed by atoms with E-state index in [-0.39, 0.29) is 12.5 Å². The Morgan fingerprint density at radius 1 is 1.58 bits per heavy atom. The summed E-state index contributed by atoms with van der Waals surface area (Å²) in [6, 6.07) is -1.20. The maximum absolute atomic E-state index is 10.3. The van der Waals surface area contributed by atoms with E-state index >= 15 is 0 Å². The highest BCUT2D eigenvalue weighted by Crippen LogP contribution is 1.98. The van der Waals surface area contributed by atoms with Gasteiger partial charge in [0.15, 0.2) is 0 Å². The van der Waals surface area contributed by atoms with Crippen molar-refractivity contribution in [2.24, 2.45) is 11.5 Å². The average Bonchev–Trinajstić information content (AvgIpc) is 1.98. The predicted octanol–water partition coefficient (Wildman–Crippen LogP) is -0.455. The van der Waals surface area contributed by atoms with Crippen molar-refractivity contribution in [3.63, 3.8) is 0 Å². The van der Waals surface area contributed by atoms with Gasteiger partial charge in [0.2, 0.25) is 0 Å². The molecule has 0 rings (SSSR count). The molecule has 5 nitrogen and oxygen atoms in total. The monoisotopic (exact) mass is 173 g/mol. The molecule has 0 aromatic carbocycles. The molecule has 2 atom stereocenters. The van der Waals surface area contributed by atoms with Crippen LogP contribution >= 0.6 is 0 Å². The SMILES string of the molecule is CC(N)C(=N)CC[C@@H](N)C(=O)O. The van der Waals surface area contributed by atoms with Crippen molar-refractivity contribution in [3.8, 4) is 0 Å². The molecular formula is C7H15N3O2. The number of nitrogens with two attached hydrogens (primary N) is 2. The molecule has 0 spiro atoms. The first-order chi connectivity index (χ1) is 5.45. The zero-order valence-electron chi connectivity index (χ0n) is 7.08. The molecule has 0 saturated carbocycles. The summed E-state index contributed by atoms with van der Waals surface area (Å²) in [4.78, 5) is 10.3. The van der Waals surface area contributed by atoms with Gasteiger partial charge in [0, 0.05) is 11.8 Å². The number of hydrogen-bond donors (Lipinski definition) is 4. The first-order valence-electron chi connectivity index (χ1n) is 3.76. The van der Waals surface area contributed by atoms with Crippen LogP contribution in [0.25, 0.3) is 0 Å². The van der Waals surface area contributed by atoms with E-state index in [2.05, 4.69) is 0 Å². The van der Waals surface area contributed by atoms with Gasteiger partial charge < -0.3 is 22.0 Å². The van der Waals surface area contributed by atoms with Gasteiger partial charge in [0.25, 0.3) is 0 Å². The third-order valence-corrected chi connectivity index (χ3v) is 1.59. The Labute approximate surface area is 71.2 Å². The second-order valence-corrected chi connectivity index (χ2v) is 2.80. The first-order valence-corrected chi connectivity index (χ1v) is 3.76. The van der Waals surface area contributed by atoms with Gasteiger partial charge in [0.05, 0.1) is 0 Å². The van der Waals surface area contributed by atoms with Crippen LogP contribution in [0.3, 0.4) is 0 Å². The summed E-state index contributed by atoms with van der Waals surface area (Å²) in [6.45, 7) is 1.69. The lowest BCUT2D eigenvalue weighted by Gasteiger charge is -2.09. The molecule has 0 aliphatic carbocycles. The molecule has 0 aromatic rings. The van der Waals surface area contributed by atoms with Gasteiger partial charge in [-0.05, 0) is 19.8 Å². The number of carboxylic acids is 1. The Morgan fingerprint density at radius 3 is 2.42 bits per heavy atom. The van der Waals surface area contributed by atoms with Crippen molar-refractivity contribution in [2.75, 3.05) is 0 Å². The Hall–Kier alpha value is -0.940. The highest BCUT2D eigenvalue weighted by atomic mass is 16.4. The van der Waals surface area contributed by atoms with Crippen LogP contribution in [-0.2, 0) is 4.79 Å². The molecule has 5 heteroatoms. The molecule has 0 aromatic heterocycles. The lowest BCUT2D eigenvalue weighted by atomic mass is 10.1. The van der Waals surface area contributed by atoms with E-state index in [9.17, 15) is 4.79 Å². The Morgan fingerprint density at radius 2 is 2.08 bits per heavy atom. The fourth-order valence-electron chi connectivity index (χ4n) is 0.662. The molecule has 0 aliphatic heterocycles. The third kappa shape index (κ3) is 4.05. The second-order valence-electron chi connectivity index (χ2n) is 2.80. The highest BCUT2D eigenvalue weighted by Gasteiger charge is 2.12. The maximum atomic E-state index is 10.3. The molecule has 6 N–H and O–H groups in total. The summed E-state index contributed by atoms with van der Waals surface area (Å²) >= 11 is 0. The Kier molecular flexibility index (Phi) is 4.46. The fourth-order valence-corrected chi connectivity index (χ4v) is 0.662. The number of aliphatic carboxylic acids is 1. The highest BCUT2D eigenvalue weighted by molar-refractivity contribution is 5.86. The van der Waals surface area contributed by atoms with Crippen molar-refractivity contribution in [2.45, 2.75) is 31.8 Å². The van der Waals surface area contributed by atoms with Gasteiger partial charge in [-0.1, -0.05) is 0 Å². The third-order valence-electron chi connectivity index (χ3n) is 1.59. The molecule has 1 unspecified atom stereocenters. The molecule has 70 valence electrons. The van der Waals surface area contributed by atoms with Crippen LogP contribution in [0.15, 0.2) is 0 Å². The van der Waals surface area contributed by atoms with Gasteiger partial charge in [-0.15, -0.1) is 0 Å². The van der Waals surface area contributed by atoms with E-state index in [0.29, 0.717) is 12.1 Å². The molecular weight excluding hydrogens is 158 g/mol. The van der Waals surface area contributed by atoms with Crippen molar-refractivity contribution in [3.05, 3.63) is 0 Å². The second kappa shape index (κ2) is 4.84. The normalized spacial score (nSPS) is 15.2. The Balaban J connectivity index is 3.69. The minimum absolute atomic E-state index is 0.274. The lowest BCUT2D eigenvalue weighted by Crippen LogP contribution is -2.33. The van der Waals surface area contributed by atoms with Gasteiger partial charge in [-0.2, -0.15) is 0 Å². The van der Waals surface area contributed by atoms with E-state index in [1.807, 2.05) is 0 Å². The summed E-state index contributed by atoms with van der Waals surface area (Å²) in [5.74, 6) is -1.03. The number of rotatable bonds is 5. The number of nitrogens with one attached hydrogen (secondary N) is 1. The van der Waals surface area contributed by atoms with Gasteiger partial charge in [-0.3, -0.25) is 4.79 Å². The van der Waals surface area contributed by atoms with Crippen LogP contribution in [0.2, 0.25) is 0 Å². The quantitative estimate of drug-likeness (QED) is 0.421. The lowest BCUT2D eigenvalue weighted by molar-refractivity contribution is -0.138. The molecule has 0 saturated heterocycles. The van der Waals surface area contributed by atoms with Crippen LogP contribution in [-0.4, -0.2) is 28.9 Å². The van der Waals surface area contributed by atoms with E-state index in [1.165, 1.54) is 0 Å². The number of carbonyl (C=O) groups is 1. The van der Waals surface area contributed by atoms with Crippen LogP contribution in [0, 0.1) is 5.41 Å². The molecule has 12 heavy (non-hydrogen) atoms. The smallest absolute Gasteiger partial charge is 0.320 e. The van der Waals surface area contributed by atoms with Crippen LogP contribution in [0.4, 0.5) is 0 Å². The maximum Gasteiger partial charge on any atom is 0.320 e. The van der Waals surface area contributed by atoms with Crippen LogP contribution in [0.5, 0.6) is 0 Å². The zero-order valence-corrected chi connectivity index (χ0v) is 7.08. The summed E-state index contributed by atoms with van der Waals surface area (Å²) < 4.78 is 0. The van der Waals surface area contributed by atoms with E-state index < -0.39 is 12.0 Å². The van der Waals surface area contributed by atoms with Gasteiger partial charge >= 0.3 is 5.97 Å². The van der Waals surface area contributed by atoms with Crippen molar-refractivity contribution >= 4 is 11.7 Å². The fraction of sp³-hybridized carbons (Fsp3) is 0.714. The molecule has 0 bridgehead atoms. The van der Waals surface area contributed by atoms with Crippen molar-refractivity contribution < 1.29 is 9.90 Å². The van der Waals surface area contributed by atoms with E-state index in [1.54, 1.807) is 6.92 Å². The molecule has 0 heterocycles. The summed E-state index contributed by atoms with van der Waals surface area (Å²) in [7, 11) is 0. The van der Waals surface area contributed by atoms with Crippen LogP contribution in [0.1, 0.15) is 19.8 Å². The summed E-state index contributed by atoms with van der Waals surface area (Å²) in [5, 5.41) is 15.7. The topological polar surface area (TPSA) is 113 Å². The van der Waals surface area contributed by atoms with E-state index in [0.717, 1.165) is 0 Å². The van der Waals surface area contributed by atoms with Crippen molar-refractivity contribution in [1.29, 1.82) is 5.41 Å². The predicted molar refractivity (Wildman–Crippen MR) is 46.2 cm³/mol. The Bertz CT molecular complexity index is 179. The zero-order chi connectivity index (χ0) is 9.72. The number of carboxylic acid groups (broad SMARTS) is 1. The molecule has 0 radical (unpaired) electrons. The van der Waals surface area contributed by atoms with Gasteiger partial charge in [-0.25, -0.2) is 0 Å². The molecule has 0 fully saturated rings. The van der Waals surface area contributed by atoms with Crippen LogP contribution < -0.4 is 11.5 Å². The minimum Gasteiger partial charge on any atom is -0.480 e. The van der Waals surface area contributed by atoms with Crippen molar-refractivity contribution in [1.82, 2.24) is 0 Å². The summed E-state index contributed by atoms with van der Waals surface area (Å²) in [6.07, 6.45) is 0.626. The molecule has 0 amide bonds. The number of hydrogen-bond acceptors (Lipinski definition) is 4. The largest absolute Gasteiger partial charge is 0.480 e. The van der Waals surface area contributed by atoms with E-state index in [4.69, 9.17) is 22.0 Å². The minimum atomic E-state index is -1.03. The summed E-state index contributed by atoms with van der Waals surface area (Å²) in [5.41, 5.74) is 11.0.